The number of anilines is 1. The first-order chi connectivity index (χ1) is 13.9. The quantitative estimate of drug-likeness (QED) is 0.689. The number of piperazine rings is 1. The van der Waals surface area contributed by atoms with E-state index < -0.39 is 46.9 Å². The Hall–Kier alpha value is -2.88. The van der Waals surface area contributed by atoms with Gasteiger partial charge in [0.05, 0.1) is 16.8 Å². The number of carbonyl (C=O) groups excluding carboxylic acids is 4. The summed E-state index contributed by atoms with van der Waals surface area (Å²) in [5.74, 6) is -5.20. The van der Waals surface area contributed by atoms with Crippen molar-refractivity contribution in [3.8, 4) is 0 Å². The molecule has 0 radical (unpaired) electrons. The number of piperidine rings is 3. The fourth-order valence-electron chi connectivity index (χ4n) is 4.83. The number of hydrogen-bond donors (Lipinski definition) is 2. The number of carbonyl (C=O) groups is 4. The van der Waals surface area contributed by atoms with E-state index in [9.17, 15) is 28.0 Å². The second-order valence-corrected chi connectivity index (χ2v) is 7.87. The number of fused-ring (bicyclic) bond motifs is 4. The van der Waals surface area contributed by atoms with Crippen LogP contribution in [0.15, 0.2) is 6.07 Å². The van der Waals surface area contributed by atoms with E-state index in [2.05, 4.69) is 10.6 Å². The van der Waals surface area contributed by atoms with Gasteiger partial charge in [0.15, 0.2) is 0 Å². The molecule has 29 heavy (non-hydrogen) atoms. The van der Waals surface area contributed by atoms with Gasteiger partial charge in [-0.25, -0.2) is 8.78 Å². The minimum absolute atomic E-state index is 0.0466. The second-order valence-electron chi connectivity index (χ2n) is 7.87. The molecule has 0 spiro atoms. The number of nitrogens with one attached hydrogen (secondary N) is 2. The number of amides is 4. The van der Waals surface area contributed by atoms with Crippen molar-refractivity contribution in [2.75, 3.05) is 18.0 Å². The van der Waals surface area contributed by atoms with Crippen LogP contribution < -0.4 is 15.5 Å². The molecule has 10 heteroatoms. The van der Waals surface area contributed by atoms with Crippen LogP contribution in [0.4, 0.5) is 14.5 Å². The topological polar surface area (TPSA) is 98.8 Å². The molecule has 2 bridgehead atoms. The van der Waals surface area contributed by atoms with Crippen LogP contribution in [-0.4, -0.2) is 59.7 Å². The van der Waals surface area contributed by atoms with E-state index in [1.54, 1.807) is 4.90 Å². The summed E-state index contributed by atoms with van der Waals surface area (Å²) in [6.07, 6.45) is 1.62. The molecule has 6 rings (SSSR count). The molecule has 4 saturated heterocycles. The number of hydrogen-bond acceptors (Lipinski definition) is 6. The summed E-state index contributed by atoms with van der Waals surface area (Å²) in [4.78, 5) is 52.1. The van der Waals surface area contributed by atoms with Gasteiger partial charge >= 0.3 is 0 Å². The zero-order valence-corrected chi connectivity index (χ0v) is 15.3. The van der Waals surface area contributed by atoms with Crippen LogP contribution in [0.2, 0.25) is 0 Å². The van der Waals surface area contributed by atoms with Gasteiger partial charge in [0.2, 0.25) is 11.8 Å². The Bertz CT molecular complexity index is 973. The lowest BCUT2D eigenvalue weighted by molar-refractivity contribution is -0.136. The van der Waals surface area contributed by atoms with Crippen molar-refractivity contribution in [3.63, 3.8) is 0 Å². The molecule has 0 saturated carbocycles. The van der Waals surface area contributed by atoms with E-state index >= 15 is 0 Å². The minimum atomic E-state index is -1.23. The van der Waals surface area contributed by atoms with Gasteiger partial charge in [-0.3, -0.25) is 29.4 Å². The van der Waals surface area contributed by atoms with Crippen molar-refractivity contribution >= 4 is 29.3 Å². The van der Waals surface area contributed by atoms with E-state index in [0.29, 0.717) is 24.1 Å². The van der Waals surface area contributed by atoms with Gasteiger partial charge in [-0.1, -0.05) is 0 Å². The molecule has 5 aliphatic rings. The molecule has 1 aromatic rings. The second kappa shape index (κ2) is 6.31. The highest BCUT2D eigenvalue weighted by molar-refractivity contribution is 6.25. The van der Waals surface area contributed by atoms with Gasteiger partial charge in [-0.15, -0.1) is 0 Å². The average molecular weight is 404 g/mol. The molecule has 2 N–H and O–H groups in total. The molecule has 0 aliphatic carbocycles. The third kappa shape index (κ3) is 2.58. The first kappa shape index (κ1) is 18.2. The van der Waals surface area contributed by atoms with Crippen molar-refractivity contribution in [3.05, 3.63) is 28.8 Å². The Morgan fingerprint density at radius 2 is 1.72 bits per heavy atom. The number of imide groups is 2. The molecule has 4 fully saturated rings. The molecule has 4 amide bonds. The number of nitrogens with zero attached hydrogens (tertiary/aromatic N) is 2. The summed E-state index contributed by atoms with van der Waals surface area (Å²) >= 11 is 0. The van der Waals surface area contributed by atoms with E-state index in [4.69, 9.17) is 0 Å². The van der Waals surface area contributed by atoms with Crippen molar-refractivity contribution in [2.24, 2.45) is 0 Å². The van der Waals surface area contributed by atoms with Crippen molar-refractivity contribution in [1.82, 2.24) is 15.5 Å². The molecule has 5 aliphatic heterocycles. The van der Waals surface area contributed by atoms with Gasteiger partial charge in [0.1, 0.15) is 17.7 Å². The Morgan fingerprint density at radius 3 is 2.34 bits per heavy atom. The Labute approximate surface area is 164 Å². The fraction of sp³-hybridized carbons (Fsp3) is 0.474. The minimum Gasteiger partial charge on any atom is -0.363 e. The molecular formula is C19H18F2N4O4. The lowest BCUT2D eigenvalue weighted by Gasteiger charge is -2.47. The van der Waals surface area contributed by atoms with E-state index in [1.807, 2.05) is 0 Å². The first-order valence-corrected chi connectivity index (χ1v) is 9.60. The van der Waals surface area contributed by atoms with Gasteiger partial charge in [-0.05, 0) is 19.3 Å². The van der Waals surface area contributed by atoms with Crippen LogP contribution in [0.25, 0.3) is 0 Å². The van der Waals surface area contributed by atoms with Gasteiger partial charge < -0.3 is 10.2 Å². The van der Waals surface area contributed by atoms with E-state index in [1.165, 1.54) is 0 Å². The highest BCUT2D eigenvalue weighted by atomic mass is 19.1. The predicted molar refractivity (Wildman–Crippen MR) is 95.2 cm³/mol. The summed E-state index contributed by atoms with van der Waals surface area (Å²) in [6, 6.07) is -0.548. The van der Waals surface area contributed by atoms with Crippen molar-refractivity contribution in [2.45, 2.75) is 43.8 Å². The van der Waals surface area contributed by atoms with Crippen LogP contribution in [0, 0.1) is 11.6 Å². The summed E-state index contributed by atoms with van der Waals surface area (Å²) < 4.78 is 29.5. The Balaban J connectivity index is 1.60. The van der Waals surface area contributed by atoms with Crippen LogP contribution >= 0.6 is 0 Å². The van der Waals surface area contributed by atoms with Crippen LogP contribution in [0.3, 0.4) is 0 Å². The normalized spacial score (nSPS) is 28.8. The van der Waals surface area contributed by atoms with Gasteiger partial charge in [0, 0.05) is 37.7 Å². The summed E-state index contributed by atoms with van der Waals surface area (Å²) in [6.45, 7) is 1.05. The molecule has 1 aromatic carbocycles. The maximum absolute atomic E-state index is 14.9. The van der Waals surface area contributed by atoms with Crippen molar-refractivity contribution in [1.29, 1.82) is 0 Å². The number of halogens is 2. The average Bonchev–Trinajstić information content (AvgIpc) is 2.94. The molecular weight excluding hydrogens is 386 g/mol. The van der Waals surface area contributed by atoms with Crippen molar-refractivity contribution < 1.29 is 28.0 Å². The molecule has 3 unspecified atom stereocenters. The lowest BCUT2D eigenvalue weighted by Crippen LogP contribution is -2.61. The smallest absolute Gasteiger partial charge is 0.265 e. The molecule has 152 valence electrons. The number of rotatable bonds is 2. The lowest BCUT2D eigenvalue weighted by atomic mass is 9.91. The van der Waals surface area contributed by atoms with Gasteiger partial charge in [0.25, 0.3) is 11.8 Å². The highest BCUT2D eigenvalue weighted by Crippen LogP contribution is 2.40. The molecule has 0 aromatic heterocycles. The SMILES string of the molecule is O=C1CCC(N2C(=O)c3c(F)cc(F)c(N4CC5CCC4CN5)c3C2=O)C(=O)N1. The summed E-state index contributed by atoms with van der Waals surface area (Å²) in [7, 11) is 0. The molecule has 8 nitrogen and oxygen atoms in total. The number of benzene rings is 1. The maximum atomic E-state index is 14.9. The summed E-state index contributed by atoms with van der Waals surface area (Å²) in [5.41, 5.74) is -0.916. The molecule has 5 heterocycles. The van der Waals surface area contributed by atoms with Crippen LogP contribution in [-0.2, 0) is 9.59 Å². The Kier molecular flexibility index (Phi) is 3.95. The zero-order chi connectivity index (χ0) is 20.4. The zero-order valence-electron chi connectivity index (χ0n) is 15.3. The standard InChI is InChI=1S/C19H18F2N4O4/c20-10-5-11(21)16(24-7-8-1-2-9(24)6-22-8)15-14(10)18(28)25(19(15)29)12-3-4-13(26)23-17(12)27/h5,8-9,12,22H,1-4,6-7H2,(H,23,26,27). The third-order valence-electron chi connectivity index (χ3n) is 6.23. The first-order valence-electron chi connectivity index (χ1n) is 9.60. The summed E-state index contributed by atoms with van der Waals surface area (Å²) in [5, 5.41) is 5.41. The van der Waals surface area contributed by atoms with E-state index in [-0.39, 0.29) is 36.2 Å². The third-order valence-corrected chi connectivity index (χ3v) is 6.23. The predicted octanol–water partition coefficient (Wildman–Crippen LogP) is 0.307. The van der Waals surface area contributed by atoms with Crippen LogP contribution in [0.1, 0.15) is 46.4 Å². The maximum Gasteiger partial charge on any atom is 0.265 e. The van der Waals surface area contributed by atoms with E-state index in [0.717, 1.165) is 12.8 Å². The highest BCUT2D eigenvalue weighted by Gasteiger charge is 2.49. The Morgan fingerprint density at radius 1 is 0.966 bits per heavy atom. The largest absolute Gasteiger partial charge is 0.363 e. The fourth-order valence-corrected chi connectivity index (χ4v) is 4.83. The van der Waals surface area contributed by atoms with Gasteiger partial charge in [-0.2, -0.15) is 0 Å². The van der Waals surface area contributed by atoms with Crippen LogP contribution in [0.5, 0.6) is 0 Å². The molecule has 3 atom stereocenters. The monoisotopic (exact) mass is 404 g/mol.